The second kappa shape index (κ2) is 7.62. The molecular formula is C20H17BrN4OS. The lowest BCUT2D eigenvalue weighted by molar-refractivity contribution is 0.0950. The number of imidazole rings is 1. The van der Waals surface area contributed by atoms with Crippen LogP contribution in [0.5, 0.6) is 0 Å². The number of fused-ring (bicyclic) bond motifs is 1. The van der Waals surface area contributed by atoms with Crippen molar-refractivity contribution in [3.63, 3.8) is 0 Å². The van der Waals surface area contributed by atoms with Crippen molar-refractivity contribution in [2.45, 2.75) is 19.9 Å². The van der Waals surface area contributed by atoms with Crippen molar-refractivity contribution >= 4 is 38.1 Å². The van der Waals surface area contributed by atoms with Gasteiger partial charge in [0.05, 0.1) is 17.9 Å². The number of halogens is 1. The van der Waals surface area contributed by atoms with Crippen molar-refractivity contribution in [2.75, 3.05) is 0 Å². The molecule has 0 aliphatic carbocycles. The van der Waals surface area contributed by atoms with Gasteiger partial charge in [-0.3, -0.25) is 4.79 Å². The molecule has 0 fully saturated rings. The van der Waals surface area contributed by atoms with Crippen molar-refractivity contribution in [3.8, 4) is 11.3 Å². The number of carbonyl (C=O) groups is 1. The van der Waals surface area contributed by atoms with E-state index in [1.807, 2.05) is 47.0 Å². The highest BCUT2D eigenvalue weighted by molar-refractivity contribution is 9.10. The molecule has 0 saturated carbocycles. The summed E-state index contributed by atoms with van der Waals surface area (Å²) in [5, 5.41) is 8.68. The van der Waals surface area contributed by atoms with Crippen LogP contribution in [0.2, 0.25) is 0 Å². The summed E-state index contributed by atoms with van der Waals surface area (Å²) in [5.41, 5.74) is 3.36. The van der Waals surface area contributed by atoms with E-state index in [1.54, 1.807) is 23.5 Å². The lowest BCUT2D eigenvalue weighted by atomic mass is 10.1. The smallest absolute Gasteiger partial charge is 0.251 e. The molecule has 5 nitrogen and oxygen atoms in total. The minimum Gasteiger partial charge on any atom is -0.346 e. The number of nitrogens with one attached hydrogen (secondary N) is 1. The van der Waals surface area contributed by atoms with Gasteiger partial charge >= 0.3 is 0 Å². The average molecular weight is 441 g/mol. The highest BCUT2D eigenvalue weighted by Crippen LogP contribution is 2.27. The summed E-state index contributed by atoms with van der Waals surface area (Å²) in [4.78, 5) is 18.2. The number of aromatic nitrogens is 3. The Balaban J connectivity index is 1.68. The maximum Gasteiger partial charge on any atom is 0.251 e. The van der Waals surface area contributed by atoms with E-state index in [9.17, 15) is 4.79 Å². The highest BCUT2D eigenvalue weighted by Gasteiger charge is 2.18. The van der Waals surface area contributed by atoms with E-state index in [-0.39, 0.29) is 5.91 Å². The molecule has 136 valence electrons. The molecule has 4 rings (SSSR count). The van der Waals surface area contributed by atoms with Crippen LogP contribution < -0.4 is 5.32 Å². The Hall–Kier alpha value is -2.51. The molecule has 2 aromatic heterocycles. The minimum atomic E-state index is -0.129. The van der Waals surface area contributed by atoms with Gasteiger partial charge in [0.25, 0.3) is 5.91 Å². The van der Waals surface area contributed by atoms with Crippen LogP contribution in [0.15, 0.2) is 59.1 Å². The van der Waals surface area contributed by atoms with Crippen LogP contribution >= 0.6 is 27.3 Å². The van der Waals surface area contributed by atoms with Crippen LogP contribution in [0.3, 0.4) is 0 Å². The third kappa shape index (κ3) is 3.65. The molecule has 4 aromatic rings. The maximum atomic E-state index is 12.6. The second-order valence-corrected chi connectivity index (χ2v) is 7.97. The molecule has 2 aromatic carbocycles. The molecule has 0 aliphatic heterocycles. The van der Waals surface area contributed by atoms with Crippen LogP contribution in [0.1, 0.15) is 28.0 Å². The summed E-state index contributed by atoms with van der Waals surface area (Å²) < 4.78 is 2.73. The van der Waals surface area contributed by atoms with Gasteiger partial charge in [0.1, 0.15) is 5.01 Å². The van der Waals surface area contributed by atoms with Gasteiger partial charge in [-0.15, -0.1) is 0 Å². The number of hydrogen-bond acceptors (Lipinski definition) is 4. The summed E-state index contributed by atoms with van der Waals surface area (Å²) in [6.45, 7) is 2.43. The summed E-state index contributed by atoms with van der Waals surface area (Å²) >= 11 is 4.98. The number of aryl methyl sites for hydroxylation is 1. The topological polar surface area (TPSA) is 59.3 Å². The zero-order valence-corrected chi connectivity index (χ0v) is 17.0. The lowest BCUT2D eigenvalue weighted by Crippen LogP contribution is -2.24. The Morgan fingerprint density at radius 3 is 2.74 bits per heavy atom. The minimum absolute atomic E-state index is 0.129. The van der Waals surface area contributed by atoms with Gasteiger partial charge in [-0.25, -0.2) is 9.50 Å². The number of rotatable bonds is 5. The molecule has 27 heavy (non-hydrogen) atoms. The first kappa shape index (κ1) is 17.9. The van der Waals surface area contributed by atoms with Crippen molar-refractivity contribution in [3.05, 3.63) is 75.3 Å². The van der Waals surface area contributed by atoms with Crippen molar-refractivity contribution < 1.29 is 4.79 Å². The van der Waals surface area contributed by atoms with Crippen molar-refractivity contribution in [2.24, 2.45) is 0 Å². The largest absolute Gasteiger partial charge is 0.346 e. The summed E-state index contributed by atoms with van der Waals surface area (Å²) in [6, 6.07) is 17.3. The van der Waals surface area contributed by atoms with Gasteiger partial charge in [-0.05, 0) is 24.6 Å². The summed E-state index contributed by atoms with van der Waals surface area (Å²) in [5.74, 6) is -0.129. The van der Waals surface area contributed by atoms with E-state index in [2.05, 4.69) is 33.3 Å². The predicted octanol–water partition coefficient (Wildman–Crippen LogP) is 4.71. The SMILES string of the molecule is CCc1nn2c(CNC(=O)c3cccc(Br)c3)c(-c3ccccc3)nc2s1. The van der Waals surface area contributed by atoms with Crippen LogP contribution in [0.4, 0.5) is 0 Å². The molecule has 1 N–H and O–H groups in total. The molecule has 2 heterocycles. The molecule has 0 spiro atoms. The zero-order valence-electron chi connectivity index (χ0n) is 14.6. The number of nitrogens with zero attached hydrogens (tertiary/aromatic N) is 3. The second-order valence-electron chi connectivity index (χ2n) is 6.01. The fourth-order valence-electron chi connectivity index (χ4n) is 2.85. The van der Waals surface area contributed by atoms with Crippen LogP contribution in [0, 0.1) is 0 Å². The Kier molecular flexibility index (Phi) is 5.05. The molecule has 0 saturated heterocycles. The normalized spacial score (nSPS) is 11.0. The quantitative estimate of drug-likeness (QED) is 0.488. The molecule has 7 heteroatoms. The van der Waals surface area contributed by atoms with Gasteiger partial charge in [0, 0.05) is 15.6 Å². The van der Waals surface area contributed by atoms with Crippen LogP contribution in [0.25, 0.3) is 16.2 Å². The summed E-state index contributed by atoms with van der Waals surface area (Å²) in [7, 11) is 0. The Morgan fingerprint density at radius 1 is 1.19 bits per heavy atom. The van der Waals surface area contributed by atoms with E-state index in [4.69, 9.17) is 4.98 Å². The van der Waals surface area contributed by atoms with E-state index in [1.165, 1.54) is 0 Å². The van der Waals surface area contributed by atoms with E-state index in [0.717, 1.165) is 37.8 Å². The standard InChI is InChI=1S/C20H17BrN4OS/c1-2-17-24-25-16(12-22-19(26)14-9-6-10-15(21)11-14)18(23-20(25)27-17)13-7-4-3-5-8-13/h3-11H,2,12H2,1H3,(H,22,26). The first-order chi connectivity index (χ1) is 13.2. The van der Waals surface area contributed by atoms with Crippen LogP contribution in [-0.2, 0) is 13.0 Å². The number of carbonyl (C=O) groups excluding carboxylic acids is 1. The molecule has 0 atom stereocenters. The lowest BCUT2D eigenvalue weighted by Gasteiger charge is -2.07. The zero-order chi connectivity index (χ0) is 18.8. The predicted molar refractivity (Wildman–Crippen MR) is 111 cm³/mol. The van der Waals surface area contributed by atoms with Gasteiger partial charge in [0.15, 0.2) is 0 Å². The Labute approximate surface area is 169 Å². The number of benzene rings is 2. The molecule has 0 aliphatic rings. The van der Waals surface area contributed by atoms with Crippen LogP contribution in [-0.4, -0.2) is 20.5 Å². The molecule has 0 unspecified atom stereocenters. The first-order valence-corrected chi connectivity index (χ1v) is 10.2. The molecule has 0 radical (unpaired) electrons. The monoisotopic (exact) mass is 440 g/mol. The fourth-order valence-corrected chi connectivity index (χ4v) is 4.11. The van der Waals surface area contributed by atoms with E-state index >= 15 is 0 Å². The third-order valence-electron chi connectivity index (χ3n) is 4.19. The Morgan fingerprint density at radius 2 is 2.00 bits per heavy atom. The van der Waals surface area contributed by atoms with E-state index < -0.39 is 0 Å². The summed E-state index contributed by atoms with van der Waals surface area (Å²) in [6.07, 6.45) is 0.860. The number of amides is 1. The van der Waals surface area contributed by atoms with Crippen molar-refractivity contribution in [1.29, 1.82) is 0 Å². The third-order valence-corrected chi connectivity index (χ3v) is 5.74. The fraction of sp³-hybridized carbons (Fsp3) is 0.150. The average Bonchev–Trinajstić information content (AvgIpc) is 3.24. The highest BCUT2D eigenvalue weighted by atomic mass is 79.9. The van der Waals surface area contributed by atoms with E-state index in [0.29, 0.717) is 12.1 Å². The maximum absolute atomic E-state index is 12.6. The van der Waals surface area contributed by atoms with Gasteiger partial charge < -0.3 is 5.32 Å². The van der Waals surface area contributed by atoms with Gasteiger partial charge in [0.2, 0.25) is 4.96 Å². The molecule has 1 amide bonds. The Bertz CT molecular complexity index is 1100. The first-order valence-electron chi connectivity index (χ1n) is 8.62. The van der Waals surface area contributed by atoms with Gasteiger partial charge in [-0.1, -0.05) is 70.6 Å². The van der Waals surface area contributed by atoms with Gasteiger partial charge in [-0.2, -0.15) is 5.10 Å². The van der Waals surface area contributed by atoms with Crippen molar-refractivity contribution in [1.82, 2.24) is 19.9 Å². The molecular weight excluding hydrogens is 424 g/mol. The molecule has 0 bridgehead atoms. The number of hydrogen-bond donors (Lipinski definition) is 1.